The number of hydrogen-bond donors (Lipinski definition) is 0. The number of anilines is 1. The Labute approximate surface area is 210 Å². The van der Waals surface area contributed by atoms with Crippen LogP contribution in [0.15, 0.2) is 35.1 Å². The van der Waals surface area contributed by atoms with Gasteiger partial charge in [-0.05, 0) is 43.7 Å². The van der Waals surface area contributed by atoms with E-state index in [2.05, 4.69) is 20.9 Å². The molecule has 2 aliphatic rings. The molecule has 1 aromatic carbocycles. The lowest BCUT2D eigenvalue weighted by Crippen LogP contribution is -2.61. The van der Waals surface area contributed by atoms with Crippen LogP contribution in [0.3, 0.4) is 0 Å². The zero-order chi connectivity index (χ0) is 25.9. The van der Waals surface area contributed by atoms with Crippen molar-refractivity contribution in [1.29, 1.82) is 5.26 Å². The second kappa shape index (κ2) is 8.68. The lowest BCUT2D eigenvalue weighted by molar-refractivity contribution is -0.137. The highest BCUT2D eigenvalue weighted by molar-refractivity contribution is 6.31. The topological polar surface area (TPSA) is 74.4 Å². The molecule has 188 valence electrons. The number of nitriles is 1. The first-order chi connectivity index (χ1) is 17.0. The zero-order valence-corrected chi connectivity index (χ0v) is 20.6. The summed E-state index contributed by atoms with van der Waals surface area (Å²) in [5, 5.41) is 9.06. The summed E-state index contributed by atoms with van der Waals surface area (Å²) in [6.07, 6.45) is -4.51. The number of alkyl halides is 3. The summed E-state index contributed by atoms with van der Waals surface area (Å²) in [5.74, 6) is 0.215. The molecule has 3 atom stereocenters. The number of piperazine rings is 1. The number of pyridine rings is 2. The molecule has 0 aliphatic carbocycles. The number of aromatic nitrogens is 2. The molecule has 2 aromatic heterocycles. The van der Waals surface area contributed by atoms with Crippen molar-refractivity contribution < 1.29 is 17.9 Å². The summed E-state index contributed by atoms with van der Waals surface area (Å²) in [6, 6.07) is 8.87. The molecule has 1 fully saturated rings. The molecule has 11 heteroatoms. The van der Waals surface area contributed by atoms with Crippen LogP contribution in [0.2, 0.25) is 5.02 Å². The number of benzene rings is 1. The van der Waals surface area contributed by atoms with Crippen LogP contribution in [0.25, 0.3) is 11.0 Å². The molecule has 0 amide bonds. The lowest BCUT2D eigenvalue weighted by Gasteiger charge is -2.50. The number of halogens is 4. The van der Waals surface area contributed by atoms with Gasteiger partial charge in [-0.2, -0.15) is 18.4 Å². The van der Waals surface area contributed by atoms with Crippen LogP contribution in [0.4, 0.5) is 18.9 Å². The van der Waals surface area contributed by atoms with E-state index in [0.717, 1.165) is 6.07 Å². The lowest BCUT2D eigenvalue weighted by atomic mass is 9.98. The van der Waals surface area contributed by atoms with Gasteiger partial charge in [0.05, 0.1) is 22.1 Å². The highest BCUT2D eigenvalue weighted by atomic mass is 35.5. The fourth-order valence-corrected chi connectivity index (χ4v) is 5.53. The summed E-state index contributed by atoms with van der Waals surface area (Å²) in [5.41, 5.74) is 1.51. The van der Waals surface area contributed by atoms with Crippen LogP contribution in [-0.4, -0.2) is 46.2 Å². The van der Waals surface area contributed by atoms with Gasteiger partial charge in [0.1, 0.15) is 29.6 Å². The Hall–Kier alpha value is -3.29. The third-order valence-electron chi connectivity index (χ3n) is 7.16. The Balaban J connectivity index is 1.50. The molecule has 3 aromatic rings. The first kappa shape index (κ1) is 24.4. The Kier molecular flexibility index (Phi) is 5.88. The van der Waals surface area contributed by atoms with Crippen molar-refractivity contribution in [2.45, 2.75) is 38.1 Å². The van der Waals surface area contributed by atoms with E-state index in [1.807, 2.05) is 13.8 Å². The fourth-order valence-electron chi connectivity index (χ4n) is 5.24. The van der Waals surface area contributed by atoms with Gasteiger partial charge in [-0.25, -0.2) is 4.98 Å². The molecular weight excluding hydrogens is 495 g/mol. The Morgan fingerprint density at radius 2 is 2.00 bits per heavy atom. The SMILES string of the molecule is C[C@@H]1CN2c3c(c(=O)n(C)c4ccc(C#N)nc34)OC[C@@H]2CN1[C@H](C)c1ccc(C(F)(F)F)c(Cl)c1. The van der Waals surface area contributed by atoms with Crippen molar-refractivity contribution in [2.24, 2.45) is 7.05 Å². The van der Waals surface area contributed by atoms with Crippen molar-refractivity contribution in [2.75, 3.05) is 24.6 Å². The summed E-state index contributed by atoms with van der Waals surface area (Å²) in [4.78, 5) is 21.9. The minimum Gasteiger partial charge on any atom is -0.484 e. The predicted molar refractivity (Wildman–Crippen MR) is 129 cm³/mol. The van der Waals surface area contributed by atoms with E-state index in [-0.39, 0.29) is 46.8 Å². The van der Waals surface area contributed by atoms with Gasteiger partial charge >= 0.3 is 6.18 Å². The average molecular weight is 518 g/mol. The molecule has 1 saturated heterocycles. The minimum absolute atomic E-state index is 0.0125. The van der Waals surface area contributed by atoms with Gasteiger partial charge < -0.3 is 14.2 Å². The highest BCUT2D eigenvalue weighted by Crippen LogP contribution is 2.41. The molecule has 0 spiro atoms. The van der Waals surface area contributed by atoms with Crippen LogP contribution >= 0.6 is 11.6 Å². The first-order valence-electron chi connectivity index (χ1n) is 11.5. The molecule has 0 N–H and O–H groups in total. The maximum absolute atomic E-state index is 13.2. The zero-order valence-electron chi connectivity index (χ0n) is 19.8. The van der Waals surface area contributed by atoms with Crippen molar-refractivity contribution in [3.63, 3.8) is 0 Å². The molecule has 36 heavy (non-hydrogen) atoms. The van der Waals surface area contributed by atoms with Crippen LogP contribution in [0.1, 0.15) is 36.7 Å². The largest absolute Gasteiger partial charge is 0.484 e. The van der Waals surface area contributed by atoms with E-state index in [4.69, 9.17) is 16.3 Å². The van der Waals surface area contributed by atoms with Crippen molar-refractivity contribution >= 4 is 28.3 Å². The quantitative estimate of drug-likeness (QED) is 0.498. The molecule has 7 nitrogen and oxygen atoms in total. The van der Waals surface area contributed by atoms with Crippen molar-refractivity contribution in [3.8, 4) is 11.8 Å². The Morgan fingerprint density at radius 3 is 2.67 bits per heavy atom. The summed E-state index contributed by atoms with van der Waals surface area (Å²) in [6.45, 7) is 5.34. The minimum atomic E-state index is -4.51. The second-order valence-corrected chi connectivity index (χ2v) is 9.70. The molecule has 2 aliphatic heterocycles. The maximum atomic E-state index is 13.2. The Bertz CT molecular complexity index is 1470. The number of rotatable bonds is 2. The van der Waals surface area contributed by atoms with E-state index in [1.54, 1.807) is 19.2 Å². The van der Waals surface area contributed by atoms with Crippen molar-refractivity contribution in [1.82, 2.24) is 14.5 Å². The van der Waals surface area contributed by atoms with E-state index in [0.29, 0.717) is 35.4 Å². The molecular formula is C25H23ClF3N5O2. The van der Waals surface area contributed by atoms with E-state index in [1.165, 1.54) is 16.7 Å². The van der Waals surface area contributed by atoms with E-state index in [9.17, 15) is 23.2 Å². The number of hydrogen-bond acceptors (Lipinski definition) is 6. The predicted octanol–water partition coefficient (Wildman–Crippen LogP) is 4.51. The molecule has 0 radical (unpaired) electrons. The van der Waals surface area contributed by atoms with Gasteiger partial charge in [0, 0.05) is 32.2 Å². The average Bonchev–Trinajstić information content (AvgIpc) is 2.84. The van der Waals surface area contributed by atoms with E-state index < -0.39 is 11.7 Å². The number of fused-ring (bicyclic) bond motifs is 5. The molecule has 4 heterocycles. The standard InChI is InChI=1S/C25H23ClF3N5O2/c1-13-10-34-17(11-33(13)14(2)15-4-6-18(19(26)8-15)25(27,28)29)12-36-23-22(34)21-20(32(3)24(23)35)7-5-16(9-30)31-21/h4-8,13-14,17H,10-12H2,1-3H3/t13-,14-,17+/m1/s1. The summed E-state index contributed by atoms with van der Waals surface area (Å²) in [7, 11) is 1.64. The number of aryl methyl sites for hydroxylation is 1. The van der Waals surface area contributed by atoms with Gasteiger partial charge in [0.2, 0.25) is 5.75 Å². The van der Waals surface area contributed by atoms with Crippen molar-refractivity contribution in [3.05, 3.63) is 62.5 Å². The van der Waals surface area contributed by atoms with Gasteiger partial charge in [-0.1, -0.05) is 17.7 Å². The molecule has 0 unspecified atom stereocenters. The molecule has 5 rings (SSSR count). The van der Waals surface area contributed by atoms with Gasteiger partial charge in [0.15, 0.2) is 0 Å². The van der Waals surface area contributed by atoms with Crippen LogP contribution in [0.5, 0.6) is 5.75 Å². The fraction of sp³-hybridized carbons (Fsp3) is 0.400. The molecule has 0 saturated carbocycles. The summed E-state index contributed by atoms with van der Waals surface area (Å²) < 4.78 is 46.9. The third kappa shape index (κ3) is 3.87. The van der Waals surface area contributed by atoms with E-state index >= 15 is 0 Å². The normalized spacial score (nSPS) is 20.9. The first-order valence-corrected chi connectivity index (χ1v) is 11.8. The number of nitrogens with zero attached hydrogens (tertiary/aromatic N) is 5. The highest BCUT2D eigenvalue weighted by Gasteiger charge is 2.41. The Morgan fingerprint density at radius 1 is 1.25 bits per heavy atom. The smallest absolute Gasteiger partial charge is 0.417 e. The molecule has 0 bridgehead atoms. The van der Waals surface area contributed by atoms with Crippen LogP contribution < -0.4 is 15.2 Å². The number of ether oxygens (including phenoxy) is 1. The monoisotopic (exact) mass is 517 g/mol. The maximum Gasteiger partial charge on any atom is 0.417 e. The second-order valence-electron chi connectivity index (χ2n) is 9.29. The summed E-state index contributed by atoms with van der Waals surface area (Å²) >= 11 is 5.98. The van der Waals surface area contributed by atoms with Gasteiger partial charge in [-0.15, -0.1) is 0 Å². The van der Waals surface area contributed by atoms with Crippen LogP contribution in [-0.2, 0) is 13.2 Å². The third-order valence-corrected chi connectivity index (χ3v) is 7.48. The van der Waals surface area contributed by atoms with Crippen LogP contribution in [0, 0.1) is 11.3 Å². The van der Waals surface area contributed by atoms with Gasteiger partial charge in [-0.3, -0.25) is 9.69 Å². The van der Waals surface area contributed by atoms with Gasteiger partial charge in [0.25, 0.3) is 5.56 Å².